The molecule has 0 unspecified atom stereocenters. The van der Waals surface area contributed by atoms with Gasteiger partial charge in [0.15, 0.2) is 0 Å². The molecule has 0 aliphatic heterocycles. The first-order valence-electron chi connectivity index (χ1n) is 14.3. The first kappa shape index (κ1) is 31.9. The van der Waals surface area contributed by atoms with Crippen LogP contribution in [0.5, 0.6) is 0 Å². The van der Waals surface area contributed by atoms with E-state index >= 15 is 0 Å². The van der Waals surface area contributed by atoms with Crippen LogP contribution in [-0.2, 0) is 26.2 Å². The van der Waals surface area contributed by atoms with Crippen LogP contribution < -0.4 is 9.62 Å². The van der Waals surface area contributed by atoms with Gasteiger partial charge in [0.1, 0.15) is 12.6 Å². The zero-order valence-corrected chi connectivity index (χ0v) is 26.3. The number of aryl methyl sites for hydroxylation is 1. The van der Waals surface area contributed by atoms with E-state index in [9.17, 15) is 18.0 Å². The summed E-state index contributed by atoms with van der Waals surface area (Å²) in [6.45, 7) is 3.15. The van der Waals surface area contributed by atoms with Crippen molar-refractivity contribution in [3.63, 3.8) is 0 Å². The number of sulfonamides is 1. The van der Waals surface area contributed by atoms with Crippen LogP contribution in [0.3, 0.4) is 0 Å². The summed E-state index contributed by atoms with van der Waals surface area (Å²) in [6.07, 6.45) is 5.38. The minimum absolute atomic E-state index is 0.0123. The molecule has 3 aromatic rings. The van der Waals surface area contributed by atoms with Crippen molar-refractivity contribution in [3.8, 4) is 0 Å². The standard InChI is InChI=1S/C32H37Cl2N3O4S/c1-3-29(32(39)35-26-13-6-4-7-14-26)36(21-24-18-19-25(33)20-28(24)34)31(38)22-37(30-17-11-10-12-23(30)2)42(40,41)27-15-8-5-9-16-27/h5,8-12,15-20,26,29H,3-4,6-7,13-14,21-22H2,1-2H3,(H,35,39)/t29-/m1/s1. The van der Waals surface area contributed by atoms with Crippen molar-refractivity contribution in [1.29, 1.82) is 0 Å². The van der Waals surface area contributed by atoms with Crippen LogP contribution in [-0.4, -0.2) is 43.8 Å². The molecule has 1 saturated carbocycles. The van der Waals surface area contributed by atoms with Crippen LogP contribution in [0.25, 0.3) is 0 Å². The Morgan fingerprint density at radius 3 is 2.26 bits per heavy atom. The zero-order chi connectivity index (χ0) is 30.3. The number of rotatable bonds is 11. The second-order valence-corrected chi connectivity index (χ2v) is 13.3. The van der Waals surface area contributed by atoms with Gasteiger partial charge in [0.25, 0.3) is 10.0 Å². The smallest absolute Gasteiger partial charge is 0.264 e. The van der Waals surface area contributed by atoms with Gasteiger partial charge in [0, 0.05) is 22.6 Å². The van der Waals surface area contributed by atoms with E-state index in [1.807, 2.05) is 13.0 Å². The highest BCUT2D eigenvalue weighted by molar-refractivity contribution is 7.92. The number of anilines is 1. The molecule has 1 aliphatic carbocycles. The molecule has 7 nitrogen and oxygen atoms in total. The third-order valence-corrected chi connectivity index (χ3v) is 10.0. The Morgan fingerprint density at radius 1 is 0.952 bits per heavy atom. The van der Waals surface area contributed by atoms with E-state index in [-0.39, 0.29) is 23.4 Å². The molecule has 0 radical (unpaired) electrons. The Bertz CT molecular complexity index is 1490. The number of amides is 2. The van der Waals surface area contributed by atoms with E-state index in [4.69, 9.17) is 23.2 Å². The van der Waals surface area contributed by atoms with Gasteiger partial charge in [0.05, 0.1) is 10.6 Å². The molecular formula is C32H37Cl2N3O4S. The second-order valence-electron chi connectivity index (χ2n) is 10.6. The van der Waals surface area contributed by atoms with E-state index < -0.39 is 28.5 Å². The van der Waals surface area contributed by atoms with Crippen LogP contribution in [0.2, 0.25) is 10.0 Å². The maximum absolute atomic E-state index is 14.3. The minimum Gasteiger partial charge on any atom is -0.352 e. The van der Waals surface area contributed by atoms with Gasteiger partial charge in [-0.2, -0.15) is 0 Å². The van der Waals surface area contributed by atoms with Gasteiger partial charge in [-0.15, -0.1) is 0 Å². The SMILES string of the molecule is CC[C@H](C(=O)NC1CCCCC1)N(Cc1ccc(Cl)cc1Cl)C(=O)CN(c1ccccc1C)S(=O)(=O)c1ccccc1. The van der Waals surface area contributed by atoms with E-state index in [2.05, 4.69) is 5.32 Å². The lowest BCUT2D eigenvalue weighted by atomic mass is 9.95. The molecule has 10 heteroatoms. The summed E-state index contributed by atoms with van der Waals surface area (Å²) >= 11 is 12.6. The summed E-state index contributed by atoms with van der Waals surface area (Å²) in [5.41, 5.74) is 1.68. The van der Waals surface area contributed by atoms with Crippen molar-refractivity contribution in [3.05, 3.63) is 94.0 Å². The average molecular weight is 631 g/mol. The lowest BCUT2D eigenvalue weighted by Crippen LogP contribution is -2.54. The monoisotopic (exact) mass is 629 g/mol. The van der Waals surface area contributed by atoms with Gasteiger partial charge in [-0.3, -0.25) is 13.9 Å². The summed E-state index contributed by atoms with van der Waals surface area (Å²) < 4.78 is 29.1. The molecule has 4 rings (SSSR count). The molecule has 224 valence electrons. The number of nitrogens with one attached hydrogen (secondary N) is 1. The fourth-order valence-electron chi connectivity index (χ4n) is 5.37. The molecule has 0 spiro atoms. The van der Waals surface area contributed by atoms with Crippen LogP contribution in [0, 0.1) is 6.92 Å². The molecule has 1 fully saturated rings. The number of halogens is 2. The summed E-state index contributed by atoms with van der Waals surface area (Å²) in [5.74, 6) is -0.773. The lowest BCUT2D eigenvalue weighted by Gasteiger charge is -2.35. The van der Waals surface area contributed by atoms with E-state index in [1.165, 1.54) is 17.0 Å². The number of hydrogen-bond donors (Lipinski definition) is 1. The molecular weight excluding hydrogens is 593 g/mol. The third kappa shape index (κ3) is 7.65. The number of benzene rings is 3. The number of para-hydroxylation sites is 1. The third-order valence-electron chi connectivity index (χ3n) is 7.69. The van der Waals surface area contributed by atoms with E-state index in [0.717, 1.165) is 36.4 Å². The Balaban J connectivity index is 1.72. The van der Waals surface area contributed by atoms with Crippen LogP contribution in [0.1, 0.15) is 56.6 Å². The maximum atomic E-state index is 14.3. The van der Waals surface area contributed by atoms with Gasteiger partial charge in [-0.1, -0.05) is 91.9 Å². The van der Waals surface area contributed by atoms with Crippen molar-refractivity contribution >= 4 is 50.7 Å². The Labute approximate surface area is 258 Å². The Hall–Kier alpha value is -3.07. The van der Waals surface area contributed by atoms with Crippen molar-refractivity contribution in [2.75, 3.05) is 10.8 Å². The van der Waals surface area contributed by atoms with Crippen LogP contribution in [0.15, 0.2) is 77.7 Å². The Kier molecular flexibility index (Phi) is 10.9. The zero-order valence-electron chi connectivity index (χ0n) is 23.9. The van der Waals surface area contributed by atoms with Gasteiger partial charge in [0.2, 0.25) is 11.8 Å². The molecule has 42 heavy (non-hydrogen) atoms. The molecule has 3 aromatic carbocycles. The second kappa shape index (κ2) is 14.4. The number of hydrogen-bond acceptors (Lipinski definition) is 4. The summed E-state index contributed by atoms with van der Waals surface area (Å²) in [6, 6.07) is 19.2. The minimum atomic E-state index is -4.13. The quantitative estimate of drug-likeness (QED) is 0.254. The summed E-state index contributed by atoms with van der Waals surface area (Å²) in [5, 5.41) is 3.95. The topological polar surface area (TPSA) is 86.8 Å². The first-order chi connectivity index (χ1) is 20.1. The molecule has 1 N–H and O–H groups in total. The van der Waals surface area contributed by atoms with Gasteiger partial charge in [-0.25, -0.2) is 8.42 Å². The molecule has 1 atom stereocenters. The Morgan fingerprint density at radius 2 is 1.62 bits per heavy atom. The molecule has 0 saturated heterocycles. The first-order valence-corrected chi connectivity index (χ1v) is 16.5. The molecule has 1 aliphatic rings. The maximum Gasteiger partial charge on any atom is 0.264 e. The van der Waals surface area contributed by atoms with E-state index in [0.29, 0.717) is 33.3 Å². The van der Waals surface area contributed by atoms with Crippen molar-refractivity contribution < 1.29 is 18.0 Å². The van der Waals surface area contributed by atoms with Crippen LogP contribution >= 0.6 is 23.2 Å². The van der Waals surface area contributed by atoms with Gasteiger partial charge < -0.3 is 10.2 Å². The lowest BCUT2D eigenvalue weighted by molar-refractivity contribution is -0.140. The average Bonchev–Trinajstić information content (AvgIpc) is 2.98. The molecule has 0 bridgehead atoms. The highest BCUT2D eigenvalue weighted by Crippen LogP contribution is 2.29. The van der Waals surface area contributed by atoms with E-state index in [1.54, 1.807) is 61.5 Å². The van der Waals surface area contributed by atoms with Gasteiger partial charge >= 0.3 is 0 Å². The fourth-order valence-corrected chi connectivity index (χ4v) is 7.34. The number of nitrogens with zero attached hydrogens (tertiary/aromatic N) is 2. The molecule has 2 amide bonds. The summed E-state index contributed by atoms with van der Waals surface area (Å²) in [4.78, 5) is 29.4. The molecule has 0 heterocycles. The number of carbonyl (C=O) groups excluding carboxylic acids is 2. The normalized spacial score (nSPS) is 14.7. The largest absolute Gasteiger partial charge is 0.352 e. The van der Waals surface area contributed by atoms with Crippen molar-refractivity contribution in [2.45, 2.75) is 75.9 Å². The number of carbonyl (C=O) groups is 2. The van der Waals surface area contributed by atoms with Crippen LogP contribution in [0.4, 0.5) is 5.69 Å². The molecule has 0 aromatic heterocycles. The van der Waals surface area contributed by atoms with Crippen molar-refractivity contribution in [1.82, 2.24) is 10.2 Å². The fraction of sp³-hybridized carbons (Fsp3) is 0.375. The predicted molar refractivity (Wildman–Crippen MR) is 168 cm³/mol. The van der Waals surface area contributed by atoms with Crippen molar-refractivity contribution in [2.24, 2.45) is 0 Å². The summed E-state index contributed by atoms with van der Waals surface area (Å²) in [7, 11) is -4.13. The predicted octanol–water partition coefficient (Wildman–Crippen LogP) is 6.75. The highest BCUT2D eigenvalue weighted by Gasteiger charge is 2.35. The highest BCUT2D eigenvalue weighted by atomic mass is 35.5. The van der Waals surface area contributed by atoms with Gasteiger partial charge in [-0.05, 0) is 67.6 Å².